The lowest BCUT2D eigenvalue weighted by Crippen LogP contribution is -2.20. The van der Waals surface area contributed by atoms with Crippen molar-refractivity contribution in [1.29, 1.82) is 0 Å². The molecule has 7 nitrogen and oxygen atoms in total. The Bertz CT molecular complexity index is 645. The van der Waals surface area contributed by atoms with Crippen LogP contribution in [0.25, 0.3) is 0 Å². The SMILES string of the molecule is Cc1nn(CC(=O)Nc2cc(CN(C)C)[nH]n2)c(C)c1Br. The van der Waals surface area contributed by atoms with Crippen molar-refractivity contribution < 1.29 is 4.79 Å². The van der Waals surface area contributed by atoms with Crippen LogP contribution in [0.1, 0.15) is 17.1 Å². The molecule has 0 saturated heterocycles. The molecule has 0 atom stereocenters. The lowest BCUT2D eigenvalue weighted by molar-refractivity contribution is -0.117. The van der Waals surface area contributed by atoms with E-state index in [2.05, 4.69) is 36.5 Å². The number of hydrogen-bond donors (Lipinski definition) is 2. The van der Waals surface area contributed by atoms with Crippen LogP contribution < -0.4 is 5.32 Å². The lowest BCUT2D eigenvalue weighted by atomic mass is 10.4. The second kappa shape index (κ2) is 6.40. The van der Waals surface area contributed by atoms with E-state index in [1.165, 1.54) is 0 Å². The number of halogens is 1. The molecule has 8 heteroatoms. The fourth-order valence-corrected chi connectivity index (χ4v) is 2.28. The summed E-state index contributed by atoms with van der Waals surface area (Å²) >= 11 is 3.45. The molecule has 0 aliphatic heterocycles. The number of aromatic nitrogens is 4. The highest BCUT2D eigenvalue weighted by molar-refractivity contribution is 9.10. The third kappa shape index (κ3) is 3.92. The zero-order valence-corrected chi connectivity index (χ0v) is 14.2. The first-order chi connectivity index (χ1) is 9.86. The molecule has 21 heavy (non-hydrogen) atoms. The molecule has 0 fully saturated rings. The van der Waals surface area contributed by atoms with Crippen LogP contribution in [0.4, 0.5) is 5.82 Å². The first-order valence-electron chi connectivity index (χ1n) is 6.55. The largest absolute Gasteiger partial charge is 0.308 e. The Morgan fingerprint density at radius 1 is 1.48 bits per heavy atom. The molecule has 2 N–H and O–H groups in total. The van der Waals surface area contributed by atoms with Crippen molar-refractivity contribution in [2.75, 3.05) is 19.4 Å². The number of carbonyl (C=O) groups excluding carboxylic acids is 1. The van der Waals surface area contributed by atoms with Crippen molar-refractivity contribution in [1.82, 2.24) is 24.9 Å². The first kappa shape index (κ1) is 15.7. The summed E-state index contributed by atoms with van der Waals surface area (Å²) in [6, 6.07) is 1.83. The molecule has 0 radical (unpaired) electrons. The van der Waals surface area contributed by atoms with E-state index >= 15 is 0 Å². The Morgan fingerprint density at radius 3 is 2.76 bits per heavy atom. The quantitative estimate of drug-likeness (QED) is 0.856. The Kier molecular flexibility index (Phi) is 4.79. The molecule has 1 amide bonds. The molecule has 2 aromatic heterocycles. The number of H-pyrrole nitrogens is 1. The molecular weight excluding hydrogens is 336 g/mol. The highest BCUT2D eigenvalue weighted by Crippen LogP contribution is 2.19. The molecule has 0 aromatic carbocycles. The molecule has 0 aliphatic rings. The number of aryl methyl sites for hydroxylation is 1. The molecule has 2 aromatic rings. The average Bonchev–Trinajstić information content (AvgIpc) is 2.90. The number of amides is 1. The lowest BCUT2D eigenvalue weighted by Gasteiger charge is -2.05. The minimum Gasteiger partial charge on any atom is -0.308 e. The number of aromatic amines is 1. The highest BCUT2D eigenvalue weighted by atomic mass is 79.9. The van der Waals surface area contributed by atoms with Gasteiger partial charge in [0.25, 0.3) is 0 Å². The van der Waals surface area contributed by atoms with Gasteiger partial charge in [-0.05, 0) is 43.9 Å². The minimum atomic E-state index is -0.156. The average molecular weight is 355 g/mol. The van der Waals surface area contributed by atoms with Gasteiger partial charge in [0, 0.05) is 12.6 Å². The predicted octanol–water partition coefficient (Wildman–Crippen LogP) is 1.69. The molecule has 0 bridgehead atoms. The Balaban J connectivity index is 1.98. The maximum atomic E-state index is 12.0. The van der Waals surface area contributed by atoms with Gasteiger partial charge in [-0.1, -0.05) is 0 Å². The summed E-state index contributed by atoms with van der Waals surface area (Å²) in [7, 11) is 3.94. The topological polar surface area (TPSA) is 78.8 Å². The van der Waals surface area contributed by atoms with Gasteiger partial charge in [-0.15, -0.1) is 0 Å². The van der Waals surface area contributed by atoms with Gasteiger partial charge in [0.1, 0.15) is 6.54 Å². The fourth-order valence-electron chi connectivity index (χ4n) is 1.99. The van der Waals surface area contributed by atoms with E-state index in [1.54, 1.807) is 4.68 Å². The standard InChI is InChI=1S/C13H19BrN6O/c1-8-13(14)9(2)20(18-8)7-12(21)15-11-5-10(16-17-11)6-19(3)4/h5H,6-7H2,1-4H3,(H2,15,16,17,21). The molecule has 0 saturated carbocycles. The molecule has 2 heterocycles. The highest BCUT2D eigenvalue weighted by Gasteiger charge is 2.13. The van der Waals surface area contributed by atoms with Crippen LogP contribution in [0.15, 0.2) is 10.5 Å². The minimum absolute atomic E-state index is 0.156. The van der Waals surface area contributed by atoms with E-state index in [4.69, 9.17) is 0 Å². The summed E-state index contributed by atoms with van der Waals surface area (Å²) in [5.41, 5.74) is 2.75. The Hall–Kier alpha value is -1.67. The van der Waals surface area contributed by atoms with Crippen LogP contribution in [0.5, 0.6) is 0 Å². The number of anilines is 1. The van der Waals surface area contributed by atoms with Crippen LogP contribution in [0, 0.1) is 13.8 Å². The number of rotatable bonds is 5. The van der Waals surface area contributed by atoms with Crippen molar-refractivity contribution in [3.63, 3.8) is 0 Å². The zero-order valence-electron chi connectivity index (χ0n) is 12.6. The smallest absolute Gasteiger partial charge is 0.247 e. The number of nitrogens with one attached hydrogen (secondary N) is 2. The van der Waals surface area contributed by atoms with E-state index in [1.807, 2.05) is 38.9 Å². The van der Waals surface area contributed by atoms with E-state index in [0.29, 0.717) is 5.82 Å². The number of nitrogens with zero attached hydrogens (tertiary/aromatic N) is 4. The van der Waals surface area contributed by atoms with Crippen LogP contribution in [-0.4, -0.2) is 44.9 Å². The fraction of sp³-hybridized carbons (Fsp3) is 0.462. The molecule has 0 spiro atoms. The van der Waals surface area contributed by atoms with Crippen molar-refractivity contribution in [2.24, 2.45) is 0 Å². The van der Waals surface area contributed by atoms with Crippen LogP contribution >= 0.6 is 15.9 Å². The molecule has 114 valence electrons. The summed E-state index contributed by atoms with van der Waals surface area (Å²) in [5.74, 6) is 0.369. The van der Waals surface area contributed by atoms with Crippen molar-refractivity contribution in [3.8, 4) is 0 Å². The normalized spacial score (nSPS) is 11.1. The summed E-state index contributed by atoms with van der Waals surface area (Å²) in [6.45, 7) is 4.72. The summed E-state index contributed by atoms with van der Waals surface area (Å²) < 4.78 is 2.60. The van der Waals surface area contributed by atoms with Crippen molar-refractivity contribution in [2.45, 2.75) is 26.9 Å². The van der Waals surface area contributed by atoms with Crippen LogP contribution in [-0.2, 0) is 17.9 Å². The van der Waals surface area contributed by atoms with Gasteiger partial charge in [0.05, 0.1) is 21.6 Å². The Morgan fingerprint density at radius 2 is 2.19 bits per heavy atom. The van der Waals surface area contributed by atoms with Crippen molar-refractivity contribution in [3.05, 3.63) is 27.6 Å². The van der Waals surface area contributed by atoms with Gasteiger partial charge in [-0.3, -0.25) is 14.6 Å². The first-order valence-corrected chi connectivity index (χ1v) is 7.34. The molecular formula is C13H19BrN6O. The maximum absolute atomic E-state index is 12.0. The maximum Gasteiger partial charge on any atom is 0.247 e. The third-order valence-corrected chi connectivity index (χ3v) is 4.12. The molecule has 2 rings (SSSR count). The number of carbonyl (C=O) groups is 1. The van der Waals surface area contributed by atoms with E-state index in [-0.39, 0.29) is 12.5 Å². The third-order valence-electron chi connectivity index (χ3n) is 2.97. The van der Waals surface area contributed by atoms with Gasteiger partial charge in [0.2, 0.25) is 5.91 Å². The van der Waals surface area contributed by atoms with Crippen LogP contribution in [0.2, 0.25) is 0 Å². The summed E-state index contributed by atoms with van der Waals surface area (Å²) in [4.78, 5) is 14.1. The van der Waals surface area contributed by atoms with E-state index in [0.717, 1.165) is 28.1 Å². The zero-order chi connectivity index (χ0) is 15.6. The van der Waals surface area contributed by atoms with E-state index in [9.17, 15) is 4.79 Å². The van der Waals surface area contributed by atoms with E-state index < -0.39 is 0 Å². The summed E-state index contributed by atoms with van der Waals surface area (Å²) in [5, 5.41) is 14.0. The number of hydrogen-bond acceptors (Lipinski definition) is 4. The van der Waals surface area contributed by atoms with Gasteiger partial charge in [0.15, 0.2) is 5.82 Å². The van der Waals surface area contributed by atoms with Gasteiger partial charge < -0.3 is 10.2 Å². The second-order valence-corrected chi connectivity index (χ2v) is 6.00. The van der Waals surface area contributed by atoms with Crippen molar-refractivity contribution >= 4 is 27.7 Å². The second-order valence-electron chi connectivity index (χ2n) is 5.21. The Labute approximate surface area is 131 Å². The van der Waals surface area contributed by atoms with Gasteiger partial charge >= 0.3 is 0 Å². The predicted molar refractivity (Wildman–Crippen MR) is 84.0 cm³/mol. The van der Waals surface area contributed by atoms with Gasteiger partial charge in [-0.2, -0.15) is 10.2 Å². The molecule has 0 aliphatic carbocycles. The van der Waals surface area contributed by atoms with Gasteiger partial charge in [-0.25, -0.2) is 0 Å². The molecule has 0 unspecified atom stereocenters. The van der Waals surface area contributed by atoms with Crippen LogP contribution in [0.3, 0.4) is 0 Å². The summed E-state index contributed by atoms with van der Waals surface area (Å²) in [6.07, 6.45) is 0. The monoisotopic (exact) mass is 354 g/mol.